The molecular weight excluding hydrogens is 592 g/mol. The second-order valence-corrected chi connectivity index (χ2v) is 14.9. The van der Waals surface area contributed by atoms with E-state index in [0.29, 0.717) is 31.0 Å². The molecule has 2 aromatic rings. The summed E-state index contributed by atoms with van der Waals surface area (Å²) in [4.78, 5) is 65.1. The van der Waals surface area contributed by atoms with Crippen molar-refractivity contribution in [2.75, 3.05) is 45.6 Å². The fourth-order valence-corrected chi connectivity index (χ4v) is 8.22. The lowest BCUT2D eigenvalue weighted by molar-refractivity contribution is -0.139. The van der Waals surface area contributed by atoms with Crippen LogP contribution in [0.2, 0.25) is 0 Å². The fraction of sp³-hybridized carbons (Fsp3) is 0.606. The third kappa shape index (κ3) is 6.44. The van der Waals surface area contributed by atoms with Crippen LogP contribution >= 0.6 is 11.3 Å². The Morgan fingerprint density at radius 3 is 2.47 bits per heavy atom. The maximum atomic E-state index is 13.8. The highest BCUT2D eigenvalue weighted by atomic mass is 32.1. The lowest BCUT2D eigenvalue weighted by Crippen LogP contribution is -2.58. The molecule has 0 spiro atoms. The van der Waals surface area contributed by atoms with Gasteiger partial charge in [0.25, 0.3) is 5.91 Å². The van der Waals surface area contributed by atoms with Gasteiger partial charge in [-0.05, 0) is 83.5 Å². The molecule has 4 saturated heterocycles. The molecule has 1 saturated carbocycles. The maximum absolute atomic E-state index is 13.8. The summed E-state index contributed by atoms with van der Waals surface area (Å²) in [5.41, 5.74) is 1.37. The maximum Gasteiger partial charge on any atom is 0.410 e. The van der Waals surface area contributed by atoms with Crippen LogP contribution < -0.4 is 5.32 Å². The van der Waals surface area contributed by atoms with Crippen LogP contribution in [0.3, 0.4) is 0 Å². The van der Waals surface area contributed by atoms with E-state index < -0.39 is 5.60 Å². The molecule has 0 radical (unpaired) electrons. The number of hydrogen-bond acceptors (Lipinski definition) is 8. The van der Waals surface area contributed by atoms with Gasteiger partial charge in [-0.15, -0.1) is 11.3 Å². The number of likely N-dealkylation sites (tertiary alicyclic amines) is 1. The lowest BCUT2D eigenvalue weighted by atomic mass is 9.72. The number of piperazine rings is 1. The predicted molar refractivity (Wildman–Crippen MR) is 171 cm³/mol. The first-order valence-corrected chi connectivity index (χ1v) is 16.9. The molecule has 45 heavy (non-hydrogen) atoms. The summed E-state index contributed by atoms with van der Waals surface area (Å²) in [5, 5.41) is 5.61. The first-order valence-electron chi connectivity index (χ1n) is 16.0. The van der Waals surface area contributed by atoms with Crippen molar-refractivity contribution in [2.45, 2.75) is 76.6 Å². The Balaban J connectivity index is 1.11. The van der Waals surface area contributed by atoms with Crippen molar-refractivity contribution in [2.24, 2.45) is 11.8 Å². The molecule has 5 atom stereocenters. The number of thiazole rings is 1. The number of carbonyl (C=O) groups excluding carboxylic acids is 4. The molecule has 4 amide bonds. The number of amides is 4. The van der Waals surface area contributed by atoms with Gasteiger partial charge in [0.05, 0.1) is 12.0 Å². The van der Waals surface area contributed by atoms with Crippen LogP contribution in [-0.2, 0) is 14.3 Å². The quantitative estimate of drug-likeness (QED) is 0.513. The summed E-state index contributed by atoms with van der Waals surface area (Å²) in [6.07, 6.45) is 3.81. The predicted octanol–water partition coefficient (Wildman–Crippen LogP) is 4.54. The van der Waals surface area contributed by atoms with Crippen LogP contribution in [0.25, 0.3) is 0 Å². The number of nitrogens with zero attached hydrogens (tertiary/aromatic N) is 5. The first kappa shape index (κ1) is 31.5. The number of rotatable bonds is 5. The van der Waals surface area contributed by atoms with Gasteiger partial charge in [-0.3, -0.25) is 24.2 Å². The van der Waals surface area contributed by atoms with E-state index in [2.05, 4.69) is 10.2 Å². The van der Waals surface area contributed by atoms with Crippen LogP contribution in [0.4, 0.5) is 10.5 Å². The highest BCUT2D eigenvalue weighted by molar-refractivity contribution is 7.09. The fourth-order valence-electron chi connectivity index (χ4n) is 7.28. The molecule has 1 aromatic heterocycles. The van der Waals surface area contributed by atoms with Gasteiger partial charge >= 0.3 is 6.09 Å². The van der Waals surface area contributed by atoms with Crippen LogP contribution in [0.5, 0.6) is 0 Å². The average molecular weight is 637 g/mol. The highest BCUT2D eigenvalue weighted by Crippen LogP contribution is 2.41. The zero-order chi connectivity index (χ0) is 32.0. The molecule has 1 N–H and O–H groups in total. The van der Waals surface area contributed by atoms with Crippen molar-refractivity contribution in [3.63, 3.8) is 0 Å². The Labute approximate surface area is 268 Å². The summed E-state index contributed by atoms with van der Waals surface area (Å²) in [7, 11) is 3.78. The molecule has 1 unspecified atom stereocenters. The van der Waals surface area contributed by atoms with E-state index in [1.54, 1.807) is 15.2 Å². The summed E-state index contributed by atoms with van der Waals surface area (Å²) in [5.74, 6) is -0.214. The number of anilines is 1. The molecule has 7 rings (SSSR count). The van der Waals surface area contributed by atoms with Crippen LogP contribution in [0, 0.1) is 11.8 Å². The van der Waals surface area contributed by atoms with E-state index >= 15 is 0 Å². The van der Waals surface area contributed by atoms with Gasteiger partial charge in [-0.2, -0.15) is 0 Å². The standard InChI is InChI=1S/C33H44N6O5S/c1-33(2,3)44-32(43)38-14-6-7-26(38)29-35-24(19-45-29)30(41)39-18-20-8-13-25(39)23(17-20)28(40)34-22-11-9-21(10-12-22)27-31(42)37(5)16-15-36(27)4/h9-12,19-20,23,25-27H,6-8,13-18H2,1-5H3,(H,34,40)/t20-,23+,25+,26-,27?/m1/s1. The largest absolute Gasteiger partial charge is 0.444 e. The monoisotopic (exact) mass is 636 g/mol. The highest BCUT2D eigenvalue weighted by Gasteiger charge is 2.46. The Morgan fingerprint density at radius 2 is 1.76 bits per heavy atom. The normalized spacial score (nSPS) is 27.2. The molecular formula is C33H44N6O5S. The number of likely N-dealkylation sites (N-methyl/N-ethyl adjacent to an activating group) is 2. The number of nitrogens with one attached hydrogen (secondary N) is 1. The summed E-state index contributed by atoms with van der Waals surface area (Å²) in [6, 6.07) is 6.80. The molecule has 5 aliphatic rings. The van der Waals surface area contributed by atoms with Crippen molar-refractivity contribution >= 4 is 40.8 Å². The van der Waals surface area contributed by atoms with Gasteiger partial charge in [0.2, 0.25) is 11.8 Å². The number of ether oxygens (including phenoxy) is 1. The minimum absolute atomic E-state index is 0.0689. The van der Waals surface area contributed by atoms with E-state index in [-0.39, 0.29) is 53.8 Å². The topological polar surface area (TPSA) is 115 Å². The van der Waals surface area contributed by atoms with Gasteiger partial charge in [0, 0.05) is 50.3 Å². The average Bonchev–Trinajstić information content (AvgIpc) is 3.69. The molecule has 12 heteroatoms. The molecule has 5 heterocycles. The molecule has 2 bridgehead atoms. The minimum Gasteiger partial charge on any atom is -0.444 e. The van der Waals surface area contributed by atoms with Crippen molar-refractivity contribution in [1.29, 1.82) is 0 Å². The van der Waals surface area contributed by atoms with E-state index in [4.69, 9.17) is 9.72 Å². The summed E-state index contributed by atoms with van der Waals surface area (Å²) in [6.45, 7) is 8.29. The molecule has 4 aliphatic heterocycles. The van der Waals surface area contributed by atoms with Gasteiger partial charge in [-0.1, -0.05) is 12.1 Å². The number of hydrogen-bond donors (Lipinski definition) is 1. The third-order valence-corrected chi connectivity index (χ3v) is 10.6. The number of benzene rings is 1. The zero-order valence-electron chi connectivity index (χ0n) is 26.8. The van der Waals surface area contributed by atoms with Crippen LogP contribution in [0.15, 0.2) is 29.6 Å². The van der Waals surface area contributed by atoms with Gasteiger partial charge in [0.1, 0.15) is 22.3 Å². The van der Waals surface area contributed by atoms with Gasteiger partial charge in [-0.25, -0.2) is 9.78 Å². The Morgan fingerprint density at radius 1 is 1.00 bits per heavy atom. The smallest absolute Gasteiger partial charge is 0.410 e. The molecule has 1 aliphatic carbocycles. The third-order valence-electron chi connectivity index (χ3n) is 9.62. The number of fused-ring (bicyclic) bond motifs is 3. The van der Waals surface area contributed by atoms with Crippen molar-refractivity contribution in [3.8, 4) is 0 Å². The second kappa shape index (κ2) is 12.4. The molecule has 5 fully saturated rings. The summed E-state index contributed by atoms with van der Waals surface area (Å²) < 4.78 is 5.61. The van der Waals surface area contributed by atoms with E-state index in [1.165, 1.54) is 11.3 Å². The number of piperidine rings is 2. The molecule has 1 aromatic carbocycles. The molecule has 242 valence electrons. The zero-order valence-corrected chi connectivity index (χ0v) is 27.6. The SMILES string of the molecule is CN1CCN(C)C(c2ccc(NC(=O)[C@H]3C[C@H]4CC[C@@H]3N(C(=O)c3csc([C@H]5CCCN5C(=O)OC(C)(C)C)n3)C4)cc2)C1=O. The van der Waals surface area contributed by atoms with E-state index in [1.807, 2.05) is 64.0 Å². The van der Waals surface area contributed by atoms with Crippen molar-refractivity contribution in [1.82, 2.24) is 24.6 Å². The van der Waals surface area contributed by atoms with Crippen molar-refractivity contribution < 1.29 is 23.9 Å². The van der Waals surface area contributed by atoms with Gasteiger partial charge in [0.15, 0.2) is 0 Å². The first-order chi connectivity index (χ1) is 21.4. The van der Waals surface area contributed by atoms with Crippen molar-refractivity contribution in [3.05, 3.63) is 45.9 Å². The minimum atomic E-state index is -0.586. The van der Waals surface area contributed by atoms with Gasteiger partial charge < -0.3 is 19.9 Å². The van der Waals surface area contributed by atoms with Crippen LogP contribution in [0.1, 0.15) is 86.0 Å². The number of aromatic nitrogens is 1. The van der Waals surface area contributed by atoms with Crippen LogP contribution in [-0.4, -0.2) is 100 Å². The van der Waals surface area contributed by atoms with E-state index in [9.17, 15) is 19.2 Å². The van der Waals surface area contributed by atoms with E-state index in [0.717, 1.165) is 49.2 Å². The Bertz CT molecular complexity index is 1450. The number of carbonyl (C=O) groups is 4. The molecule has 11 nitrogen and oxygen atoms in total. The second-order valence-electron chi connectivity index (χ2n) is 14.0. The Hall–Kier alpha value is -3.51. The summed E-state index contributed by atoms with van der Waals surface area (Å²) >= 11 is 1.40. The Kier molecular flexibility index (Phi) is 8.64. The lowest BCUT2D eigenvalue weighted by Gasteiger charge is -2.49.